The van der Waals surface area contributed by atoms with E-state index in [9.17, 15) is 0 Å². The van der Waals surface area contributed by atoms with Crippen LogP contribution in [0.15, 0.2) is 0 Å². The van der Waals surface area contributed by atoms with Crippen molar-refractivity contribution in [3.05, 3.63) is 5.21 Å². The summed E-state index contributed by atoms with van der Waals surface area (Å²) in [5.41, 5.74) is 0. The van der Waals surface area contributed by atoms with Gasteiger partial charge < -0.3 is 5.21 Å². The molecule has 0 saturated carbocycles. The minimum absolute atomic E-state index is 0. The Labute approximate surface area is 36.5 Å². The molecule has 0 aromatic heterocycles. The van der Waals surface area contributed by atoms with E-state index in [1.807, 2.05) is 0 Å². The van der Waals surface area contributed by atoms with Crippen molar-refractivity contribution < 1.29 is 10.1 Å². The zero-order valence-electron chi connectivity index (χ0n) is 2.51. The summed E-state index contributed by atoms with van der Waals surface area (Å²) in [5, 5.41) is 16.0. The molecule has 0 aromatic rings. The van der Waals surface area contributed by atoms with Gasteiger partial charge in [-0.15, -0.1) is 0 Å². The Morgan fingerprint density at radius 2 is 1.80 bits per heavy atom. The van der Waals surface area contributed by atoms with E-state index in [0.29, 0.717) is 0 Å². The Balaban J connectivity index is 0. The fourth-order valence-corrected chi connectivity index (χ4v) is 0. The lowest BCUT2D eigenvalue weighted by Gasteiger charge is -1.70. The van der Waals surface area contributed by atoms with Gasteiger partial charge in [0.05, 0.1) is 0 Å². The molecule has 0 saturated heterocycles. The highest BCUT2D eigenvalue weighted by Gasteiger charge is 1.50. The molecule has 0 rings (SSSR count). The minimum atomic E-state index is -0.500. The van der Waals surface area contributed by atoms with E-state index in [1.165, 1.54) is 0 Å². The van der Waals surface area contributed by atoms with Crippen LogP contribution in [0.3, 0.4) is 0 Å². The Kier molecular flexibility index (Phi) is 6.39. The van der Waals surface area contributed by atoms with Crippen LogP contribution in [0.5, 0.6) is 0 Å². The average molecular weight is 95.1 g/mol. The largest absolute Gasteiger partial charge is 0.418 e. The van der Waals surface area contributed by atoms with E-state index in [2.05, 4.69) is 6.72 Å². The van der Waals surface area contributed by atoms with Crippen LogP contribution in [0, 0.1) is 5.21 Å². The topological polar surface area (TPSA) is 46.3 Å². The van der Waals surface area contributed by atoms with Gasteiger partial charge in [-0.3, -0.25) is 5.21 Å². The zero-order chi connectivity index (χ0) is 3.58. The first-order chi connectivity index (χ1) is 1.73. The molecule has 4 heteroatoms. The smallest absolute Gasteiger partial charge is 0.197 e. The fraction of sp³-hybridized carbons (Fsp3) is 0. The summed E-state index contributed by atoms with van der Waals surface area (Å²) in [5.74, 6) is 0. The van der Waals surface area contributed by atoms with Gasteiger partial charge in [-0.1, -0.05) is 0 Å². The van der Waals surface area contributed by atoms with Gasteiger partial charge in [0.1, 0.15) is 0 Å². The third-order valence-corrected chi connectivity index (χ3v) is 0. The number of nitrogens with zero attached hydrogens (tertiary/aromatic N) is 1. The van der Waals surface area contributed by atoms with E-state index < -0.39 is 4.90 Å². The van der Waals surface area contributed by atoms with Crippen LogP contribution in [-0.4, -0.2) is 16.8 Å². The first-order valence-electron chi connectivity index (χ1n) is 0.699. The molecule has 0 atom stereocenters. The monoisotopic (exact) mass is 95.0 g/mol. The van der Waals surface area contributed by atoms with Crippen molar-refractivity contribution in [1.29, 1.82) is 0 Å². The minimum Gasteiger partial charge on any atom is -0.418 e. The summed E-state index contributed by atoms with van der Waals surface area (Å²) in [6, 6.07) is 0. The van der Waals surface area contributed by atoms with Crippen molar-refractivity contribution in [2.45, 2.75) is 0 Å². The van der Waals surface area contributed by atoms with Crippen molar-refractivity contribution in [3.8, 4) is 0 Å². The van der Waals surface area contributed by atoms with Crippen LogP contribution < -0.4 is 0 Å². The van der Waals surface area contributed by atoms with Gasteiger partial charge >= 0.3 is 0 Å². The molecule has 0 fully saturated rings. The van der Waals surface area contributed by atoms with Crippen molar-refractivity contribution in [2.75, 3.05) is 0 Å². The highest BCUT2D eigenvalue weighted by molar-refractivity contribution is 7.59. The standard InChI is InChI=1S/CH3NO2.H2S/c1-2(3)4;/h1H2,(H,3,4);1H2. The Morgan fingerprint density at radius 1 is 1.80 bits per heavy atom. The van der Waals surface area contributed by atoms with Crippen molar-refractivity contribution >= 4 is 20.2 Å². The average Bonchev–Trinajstić information content (AvgIpc) is 0.811. The lowest BCUT2D eigenvalue weighted by Crippen LogP contribution is -1.84. The molecule has 32 valence electrons. The van der Waals surface area contributed by atoms with Crippen molar-refractivity contribution in [1.82, 2.24) is 0 Å². The van der Waals surface area contributed by atoms with Crippen LogP contribution in [0.4, 0.5) is 0 Å². The molecule has 0 aliphatic carbocycles. The van der Waals surface area contributed by atoms with Crippen LogP contribution in [-0.2, 0) is 0 Å². The van der Waals surface area contributed by atoms with E-state index in [-0.39, 0.29) is 13.5 Å². The third-order valence-electron chi connectivity index (χ3n) is 0. The highest BCUT2D eigenvalue weighted by Crippen LogP contribution is 1.34. The van der Waals surface area contributed by atoms with Gasteiger partial charge in [0.25, 0.3) is 0 Å². The van der Waals surface area contributed by atoms with Gasteiger partial charge in [-0.25, -0.2) is 0 Å². The lowest BCUT2D eigenvalue weighted by molar-refractivity contribution is -0.719. The molecule has 0 bridgehead atoms. The second-order valence-corrected chi connectivity index (χ2v) is 0.352. The molecule has 1 N–H and O–H groups in total. The van der Waals surface area contributed by atoms with Crippen LogP contribution in [0.1, 0.15) is 0 Å². The quantitative estimate of drug-likeness (QED) is 0.194. The fourth-order valence-electron chi connectivity index (χ4n) is 0. The number of hydrogen-bond donors (Lipinski definition) is 1. The molecule has 0 aliphatic heterocycles. The van der Waals surface area contributed by atoms with Crippen molar-refractivity contribution in [2.24, 2.45) is 0 Å². The van der Waals surface area contributed by atoms with Gasteiger partial charge in [0.15, 0.2) is 6.72 Å². The zero-order valence-corrected chi connectivity index (χ0v) is 3.51. The molecular formula is CH5NO2S. The predicted octanol–water partition coefficient (Wildman–Crippen LogP) is -0.301. The summed E-state index contributed by atoms with van der Waals surface area (Å²) in [7, 11) is 0. The van der Waals surface area contributed by atoms with Gasteiger partial charge in [0.2, 0.25) is 0 Å². The maximum Gasteiger partial charge on any atom is 0.197 e. The van der Waals surface area contributed by atoms with Crippen LogP contribution in [0.2, 0.25) is 0 Å². The Hall–Kier alpha value is -0.380. The third kappa shape index (κ3) is 65.8. The second kappa shape index (κ2) is 3.62. The van der Waals surface area contributed by atoms with E-state index in [4.69, 9.17) is 10.4 Å². The molecule has 0 aliphatic rings. The number of hydrogen-bond acceptors (Lipinski definition) is 2. The molecule has 0 unspecified atom stereocenters. The molecule has 0 aromatic carbocycles. The summed E-state index contributed by atoms with van der Waals surface area (Å²) >= 11 is 0. The summed E-state index contributed by atoms with van der Waals surface area (Å²) in [6.07, 6.45) is 0. The molecule has 0 radical (unpaired) electrons. The molecular weight excluding hydrogens is 90.1 g/mol. The normalized spacial score (nSPS) is 4.80. The highest BCUT2D eigenvalue weighted by atomic mass is 32.1. The van der Waals surface area contributed by atoms with E-state index in [0.717, 1.165) is 0 Å². The molecule has 5 heavy (non-hydrogen) atoms. The summed E-state index contributed by atoms with van der Waals surface area (Å²) in [4.78, 5) is -0.500. The first kappa shape index (κ1) is 8.82. The first-order valence-corrected chi connectivity index (χ1v) is 0.699. The predicted molar refractivity (Wildman–Crippen MR) is 22.9 cm³/mol. The number of rotatable bonds is 0. The molecule has 0 spiro atoms. The van der Waals surface area contributed by atoms with Gasteiger partial charge in [0, 0.05) is 4.90 Å². The molecule has 0 heterocycles. The Morgan fingerprint density at radius 3 is 1.80 bits per heavy atom. The molecule has 0 amide bonds. The van der Waals surface area contributed by atoms with E-state index in [1.54, 1.807) is 0 Å². The lowest BCUT2D eigenvalue weighted by atomic mass is 11.7. The van der Waals surface area contributed by atoms with Crippen LogP contribution >= 0.6 is 13.5 Å². The summed E-state index contributed by atoms with van der Waals surface area (Å²) < 4.78 is 0. The SMILES string of the molecule is C=[N+]([O-])O.S. The second-order valence-electron chi connectivity index (χ2n) is 0.352. The van der Waals surface area contributed by atoms with E-state index >= 15 is 0 Å². The summed E-state index contributed by atoms with van der Waals surface area (Å²) in [6.45, 7) is 2.47. The van der Waals surface area contributed by atoms with Crippen molar-refractivity contribution in [3.63, 3.8) is 0 Å². The maximum absolute atomic E-state index is 8.81. The van der Waals surface area contributed by atoms with Crippen LogP contribution in [0.25, 0.3) is 0 Å². The van der Waals surface area contributed by atoms with Gasteiger partial charge in [-0.05, 0) is 0 Å². The van der Waals surface area contributed by atoms with Gasteiger partial charge in [-0.2, -0.15) is 13.5 Å². The Bertz CT molecular complexity index is 32.6. The molecule has 3 nitrogen and oxygen atoms in total. The maximum atomic E-state index is 8.81.